The van der Waals surface area contributed by atoms with Crippen molar-refractivity contribution in [1.82, 2.24) is 0 Å². The van der Waals surface area contributed by atoms with Crippen LogP contribution in [0.2, 0.25) is 0 Å². The highest BCUT2D eigenvalue weighted by Crippen LogP contribution is 2.40. The molecule has 2 aliphatic rings. The number of ketones is 1. The number of hydrogen-bond acceptors (Lipinski definition) is 2. The zero-order valence-corrected chi connectivity index (χ0v) is 8.69. The molecular formula is C12H16O2. The lowest BCUT2D eigenvalue weighted by atomic mass is 9.82. The Morgan fingerprint density at radius 2 is 2.36 bits per heavy atom. The molecule has 0 aliphatic heterocycles. The second kappa shape index (κ2) is 3.60. The SMILES string of the molecule is CC[C@H](C)COC1=C[C@@H]2C=CC(=O)[C@H]12. The standard InChI is InChI=1S/C12H16O2/c1-3-8(2)7-14-11-6-9-4-5-10(13)12(9)11/h4-6,8-9,12H,3,7H2,1-2H3/t8-,9-,12+/m0/s1. The molecule has 2 aliphatic carbocycles. The van der Waals surface area contributed by atoms with Gasteiger partial charge in [-0.1, -0.05) is 26.3 Å². The van der Waals surface area contributed by atoms with Gasteiger partial charge in [0.25, 0.3) is 0 Å². The van der Waals surface area contributed by atoms with Crippen LogP contribution in [0.1, 0.15) is 20.3 Å². The summed E-state index contributed by atoms with van der Waals surface area (Å²) in [7, 11) is 0. The Hall–Kier alpha value is -1.05. The van der Waals surface area contributed by atoms with E-state index in [1.807, 2.05) is 6.08 Å². The fraction of sp³-hybridized carbons (Fsp3) is 0.583. The normalized spacial score (nSPS) is 30.7. The summed E-state index contributed by atoms with van der Waals surface area (Å²) in [6.07, 6.45) is 6.80. The molecule has 0 aromatic carbocycles. The largest absolute Gasteiger partial charge is 0.497 e. The Labute approximate surface area is 84.6 Å². The van der Waals surface area contributed by atoms with Gasteiger partial charge in [0, 0.05) is 5.92 Å². The van der Waals surface area contributed by atoms with Crippen LogP contribution < -0.4 is 0 Å². The topological polar surface area (TPSA) is 26.3 Å². The summed E-state index contributed by atoms with van der Waals surface area (Å²) in [6, 6.07) is 0. The van der Waals surface area contributed by atoms with E-state index >= 15 is 0 Å². The highest BCUT2D eigenvalue weighted by Gasteiger charge is 2.40. The minimum absolute atomic E-state index is 0.0269. The molecule has 0 saturated carbocycles. The van der Waals surface area contributed by atoms with Crippen molar-refractivity contribution in [3.63, 3.8) is 0 Å². The molecular weight excluding hydrogens is 176 g/mol. The lowest BCUT2D eigenvalue weighted by molar-refractivity contribution is -0.119. The fourth-order valence-electron chi connectivity index (χ4n) is 1.76. The van der Waals surface area contributed by atoms with Gasteiger partial charge in [-0.15, -0.1) is 0 Å². The quantitative estimate of drug-likeness (QED) is 0.683. The summed E-state index contributed by atoms with van der Waals surface area (Å²) in [4.78, 5) is 11.4. The van der Waals surface area contributed by atoms with Gasteiger partial charge in [0.15, 0.2) is 5.78 Å². The van der Waals surface area contributed by atoms with Crippen LogP contribution in [0.5, 0.6) is 0 Å². The zero-order chi connectivity index (χ0) is 10.1. The first-order chi connectivity index (χ1) is 6.72. The van der Waals surface area contributed by atoms with Crippen molar-refractivity contribution in [1.29, 1.82) is 0 Å². The molecule has 14 heavy (non-hydrogen) atoms. The van der Waals surface area contributed by atoms with E-state index in [-0.39, 0.29) is 11.7 Å². The number of carbonyl (C=O) groups is 1. The van der Waals surface area contributed by atoms with E-state index in [9.17, 15) is 4.79 Å². The van der Waals surface area contributed by atoms with Gasteiger partial charge in [0.05, 0.1) is 12.5 Å². The highest BCUT2D eigenvalue weighted by molar-refractivity contribution is 5.98. The number of ether oxygens (including phenoxy) is 1. The van der Waals surface area contributed by atoms with Gasteiger partial charge >= 0.3 is 0 Å². The van der Waals surface area contributed by atoms with Crippen LogP contribution in [0.15, 0.2) is 24.0 Å². The van der Waals surface area contributed by atoms with Crippen molar-refractivity contribution in [3.05, 3.63) is 24.0 Å². The maximum atomic E-state index is 11.4. The molecule has 0 bridgehead atoms. The maximum absolute atomic E-state index is 11.4. The first-order valence-corrected chi connectivity index (χ1v) is 5.29. The fourth-order valence-corrected chi connectivity index (χ4v) is 1.76. The van der Waals surface area contributed by atoms with Crippen molar-refractivity contribution in [2.24, 2.45) is 17.8 Å². The Morgan fingerprint density at radius 3 is 3.00 bits per heavy atom. The zero-order valence-electron chi connectivity index (χ0n) is 8.69. The van der Waals surface area contributed by atoms with Gasteiger partial charge in [0.1, 0.15) is 5.76 Å². The third kappa shape index (κ3) is 1.49. The molecule has 0 N–H and O–H groups in total. The lowest BCUT2D eigenvalue weighted by Gasteiger charge is -2.29. The molecule has 0 aromatic rings. The number of hydrogen-bond donors (Lipinski definition) is 0. The van der Waals surface area contributed by atoms with Crippen LogP contribution in [0.4, 0.5) is 0 Å². The van der Waals surface area contributed by atoms with Gasteiger partial charge < -0.3 is 4.74 Å². The van der Waals surface area contributed by atoms with Crippen LogP contribution >= 0.6 is 0 Å². The predicted molar refractivity (Wildman–Crippen MR) is 54.6 cm³/mol. The highest BCUT2D eigenvalue weighted by atomic mass is 16.5. The molecule has 0 radical (unpaired) electrons. The van der Waals surface area contributed by atoms with Crippen LogP contribution in [0, 0.1) is 17.8 Å². The third-order valence-electron chi connectivity index (χ3n) is 3.07. The Kier molecular flexibility index (Phi) is 2.44. The molecule has 2 rings (SSSR count). The van der Waals surface area contributed by atoms with Crippen LogP contribution in [0.3, 0.4) is 0 Å². The minimum Gasteiger partial charge on any atom is -0.497 e. The first-order valence-electron chi connectivity index (χ1n) is 5.29. The van der Waals surface area contributed by atoms with E-state index in [1.165, 1.54) is 0 Å². The van der Waals surface area contributed by atoms with E-state index in [1.54, 1.807) is 6.08 Å². The monoisotopic (exact) mass is 192 g/mol. The van der Waals surface area contributed by atoms with Crippen LogP contribution in [-0.4, -0.2) is 12.4 Å². The number of rotatable bonds is 4. The Balaban J connectivity index is 1.85. The summed E-state index contributed by atoms with van der Waals surface area (Å²) < 4.78 is 5.62. The Bertz CT molecular complexity index is 301. The van der Waals surface area contributed by atoms with Crippen molar-refractivity contribution < 1.29 is 9.53 Å². The average molecular weight is 192 g/mol. The van der Waals surface area contributed by atoms with Gasteiger partial charge in [-0.2, -0.15) is 0 Å². The Morgan fingerprint density at radius 1 is 1.57 bits per heavy atom. The number of fused-ring (bicyclic) bond motifs is 1. The van der Waals surface area contributed by atoms with E-state index in [2.05, 4.69) is 19.9 Å². The van der Waals surface area contributed by atoms with Crippen LogP contribution in [-0.2, 0) is 9.53 Å². The van der Waals surface area contributed by atoms with Gasteiger partial charge in [-0.25, -0.2) is 0 Å². The van der Waals surface area contributed by atoms with Crippen molar-refractivity contribution in [2.75, 3.05) is 6.61 Å². The van der Waals surface area contributed by atoms with Crippen molar-refractivity contribution >= 4 is 5.78 Å². The summed E-state index contributed by atoms with van der Waals surface area (Å²) in [5.74, 6) is 2.02. The van der Waals surface area contributed by atoms with Gasteiger partial charge in [0.2, 0.25) is 0 Å². The smallest absolute Gasteiger partial charge is 0.166 e. The van der Waals surface area contributed by atoms with E-state index in [0.29, 0.717) is 11.8 Å². The number of carbonyl (C=O) groups excluding carboxylic acids is 1. The summed E-state index contributed by atoms with van der Waals surface area (Å²) in [5, 5.41) is 0. The van der Waals surface area contributed by atoms with E-state index < -0.39 is 0 Å². The predicted octanol–water partition coefficient (Wildman–Crippen LogP) is 2.32. The lowest BCUT2D eigenvalue weighted by Crippen LogP contribution is -2.28. The molecule has 0 fully saturated rings. The van der Waals surface area contributed by atoms with E-state index in [4.69, 9.17) is 4.74 Å². The van der Waals surface area contributed by atoms with Crippen molar-refractivity contribution in [2.45, 2.75) is 20.3 Å². The minimum atomic E-state index is 0.0269. The molecule has 0 aromatic heterocycles. The first kappa shape index (κ1) is 9.50. The second-order valence-corrected chi connectivity index (χ2v) is 4.21. The van der Waals surface area contributed by atoms with Crippen molar-refractivity contribution in [3.8, 4) is 0 Å². The summed E-state index contributed by atoms with van der Waals surface area (Å²) >= 11 is 0. The summed E-state index contributed by atoms with van der Waals surface area (Å²) in [5.41, 5.74) is 0. The molecule has 3 atom stereocenters. The number of allylic oxidation sites excluding steroid dienone is 4. The molecule has 76 valence electrons. The third-order valence-corrected chi connectivity index (χ3v) is 3.07. The second-order valence-electron chi connectivity index (χ2n) is 4.21. The van der Waals surface area contributed by atoms with Crippen LogP contribution in [0.25, 0.3) is 0 Å². The molecule has 0 unspecified atom stereocenters. The molecule has 0 heterocycles. The summed E-state index contributed by atoms with van der Waals surface area (Å²) in [6.45, 7) is 5.04. The van der Waals surface area contributed by atoms with E-state index in [0.717, 1.165) is 18.8 Å². The van der Waals surface area contributed by atoms with Gasteiger partial charge in [-0.3, -0.25) is 4.79 Å². The molecule has 0 saturated heterocycles. The average Bonchev–Trinajstić information content (AvgIpc) is 2.41. The molecule has 2 heteroatoms. The molecule has 0 amide bonds. The molecule has 2 nitrogen and oxygen atoms in total. The molecule has 0 spiro atoms. The maximum Gasteiger partial charge on any atom is 0.166 e. The van der Waals surface area contributed by atoms with Gasteiger partial charge in [-0.05, 0) is 18.1 Å².